The summed E-state index contributed by atoms with van der Waals surface area (Å²) in [4.78, 5) is 47.6. The number of carboxylic acids is 1. The van der Waals surface area contributed by atoms with Crippen molar-refractivity contribution in [3.8, 4) is 0 Å². The fourth-order valence-corrected chi connectivity index (χ4v) is 2.24. The number of hydrogen-bond donors (Lipinski definition) is 3. The minimum atomic E-state index is -1.12. The van der Waals surface area contributed by atoms with Crippen molar-refractivity contribution in [2.24, 2.45) is 5.92 Å². The Kier molecular flexibility index (Phi) is 5.49. The van der Waals surface area contributed by atoms with Crippen molar-refractivity contribution in [2.45, 2.75) is 19.9 Å². The predicted octanol–water partition coefficient (Wildman–Crippen LogP) is 1.03. The van der Waals surface area contributed by atoms with Crippen LogP contribution in [0.15, 0.2) is 53.9 Å². The van der Waals surface area contributed by atoms with Gasteiger partial charge in [-0.2, -0.15) is 0 Å². The van der Waals surface area contributed by atoms with E-state index < -0.39 is 29.5 Å². The molecule has 2 rings (SSSR count). The molecule has 1 aliphatic rings. The third kappa shape index (κ3) is 4.41. The average Bonchev–Trinajstić information content (AvgIpc) is 2.56. The number of hydrogen-bond acceptors (Lipinski definition) is 5. The molecule has 0 unspecified atom stereocenters. The average molecular weight is 342 g/mol. The molecule has 0 saturated heterocycles. The number of nitrogens with one attached hydrogen (secondary N) is 2. The van der Waals surface area contributed by atoms with Gasteiger partial charge in [-0.1, -0.05) is 32.0 Å². The van der Waals surface area contributed by atoms with Gasteiger partial charge in [0.05, 0.1) is 11.4 Å². The number of benzene rings is 1. The third-order valence-corrected chi connectivity index (χ3v) is 3.61. The number of carbonyl (C=O) groups excluding carboxylic acids is 3. The van der Waals surface area contributed by atoms with Crippen molar-refractivity contribution in [1.29, 1.82) is 0 Å². The van der Waals surface area contributed by atoms with Crippen molar-refractivity contribution >= 4 is 23.4 Å². The van der Waals surface area contributed by atoms with Crippen molar-refractivity contribution in [3.63, 3.8) is 0 Å². The molecule has 1 aromatic carbocycles. The van der Waals surface area contributed by atoms with E-state index in [0.717, 1.165) is 12.2 Å². The first-order valence-corrected chi connectivity index (χ1v) is 7.67. The van der Waals surface area contributed by atoms with E-state index in [0.29, 0.717) is 5.56 Å². The minimum absolute atomic E-state index is 0.108. The summed E-state index contributed by atoms with van der Waals surface area (Å²) in [6.45, 7) is 3.37. The molecule has 0 aromatic heterocycles. The molecule has 1 aliphatic carbocycles. The van der Waals surface area contributed by atoms with Gasteiger partial charge < -0.3 is 15.7 Å². The molecule has 7 nitrogen and oxygen atoms in total. The van der Waals surface area contributed by atoms with E-state index in [1.807, 2.05) is 0 Å². The minimum Gasteiger partial charge on any atom is -0.480 e. The highest BCUT2D eigenvalue weighted by atomic mass is 16.4. The standard InChI is InChI=1S/C18H18N2O5/c1-10(2)16(18(24)25)19-12-8-15(22)13(9-14(12)21)20-17(23)11-6-4-3-5-7-11/h3-10,16,19H,1-2H3,(H,20,23)(H,24,25)/t16-/m1/s1. The first-order chi connectivity index (χ1) is 11.8. The molecule has 7 heteroatoms. The van der Waals surface area contributed by atoms with Crippen LogP contribution in [-0.4, -0.2) is 34.6 Å². The summed E-state index contributed by atoms with van der Waals surface area (Å²) >= 11 is 0. The first kappa shape index (κ1) is 18.1. The van der Waals surface area contributed by atoms with Gasteiger partial charge in [-0.15, -0.1) is 0 Å². The molecule has 1 amide bonds. The highest BCUT2D eigenvalue weighted by Gasteiger charge is 2.27. The van der Waals surface area contributed by atoms with E-state index in [4.69, 9.17) is 5.11 Å². The number of amides is 1. The van der Waals surface area contributed by atoms with Gasteiger partial charge in [0.25, 0.3) is 5.91 Å². The predicted molar refractivity (Wildman–Crippen MR) is 89.5 cm³/mol. The molecule has 25 heavy (non-hydrogen) atoms. The van der Waals surface area contributed by atoms with Crippen LogP contribution in [0.5, 0.6) is 0 Å². The van der Waals surface area contributed by atoms with Crippen molar-refractivity contribution in [2.75, 3.05) is 0 Å². The Balaban J connectivity index is 2.12. The normalized spacial score (nSPS) is 15.3. The fourth-order valence-electron chi connectivity index (χ4n) is 2.24. The van der Waals surface area contributed by atoms with Gasteiger partial charge in [0.2, 0.25) is 11.6 Å². The maximum absolute atomic E-state index is 12.1. The smallest absolute Gasteiger partial charge is 0.326 e. The Hall–Kier alpha value is -3.22. The second-order valence-electron chi connectivity index (χ2n) is 5.87. The lowest BCUT2D eigenvalue weighted by Gasteiger charge is -2.21. The van der Waals surface area contributed by atoms with Crippen LogP contribution in [0.4, 0.5) is 0 Å². The molecule has 130 valence electrons. The van der Waals surface area contributed by atoms with Crippen molar-refractivity contribution < 1.29 is 24.3 Å². The number of carboxylic acid groups (broad SMARTS) is 1. The molecule has 3 N–H and O–H groups in total. The van der Waals surface area contributed by atoms with Gasteiger partial charge in [-0.25, -0.2) is 4.79 Å². The van der Waals surface area contributed by atoms with E-state index in [2.05, 4.69) is 10.6 Å². The monoisotopic (exact) mass is 342 g/mol. The molecule has 1 atom stereocenters. The van der Waals surface area contributed by atoms with Crippen LogP contribution in [0, 0.1) is 5.92 Å². The Labute approximate surface area is 144 Å². The molecular weight excluding hydrogens is 324 g/mol. The maximum atomic E-state index is 12.1. The molecule has 0 fully saturated rings. The second-order valence-corrected chi connectivity index (χ2v) is 5.87. The third-order valence-electron chi connectivity index (χ3n) is 3.61. The van der Waals surface area contributed by atoms with Gasteiger partial charge in [-0.05, 0) is 18.1 Å². The van der Waals surface area contributed by atoms with Crippen molar-refractivity contribution in [3.05, 3.63) is 59.4 Å². The Morgan fingerprint density at radius 1 is 0.960 bits per heavy atom. The van der Waals surface area contributed by atoms with Crippen LogP contribution >= 0.6 is 0 Å². The number of rotatable bonds is 6. The van der Waals surface area contributed by atoms with E-state index in [-0.39, 0.29) is 17.3 Å². The molecule has 0 radical (unpaired) electrons. The van der Waals surface area contributed by atoms with Gasteiger partial charge in [0.1, 0.15) is 6.04 Å². The Bertz CT molecular complexity index is 778. The molecule has 0 bridgehead atoms. The molecular formula is C18H18N2O5. The largest absolute Gasteiger partial charge is 0.480 e. The zero-order valence-corrected chi connectivity index (χ0v) is 13.8. The van der Waals surface area contributed by atoms with E-state index in [1.54, 1.807) is 44.2 Å². The van der Waals surface area contributed by atoms with Gasteiger partial charge in [0, 0.05) is 17.7 Å². The second kappa shape index (κ2) is 7.57. The van der Waals surface area contributed by atoms with Crippen LogP contribution in [0.2, 0.25) is 0 Å². The van der Waals surface area contributed by atoms with Crippen molar-refractivity contribution in [1.82, 2.24) is 10.6 Å². The summed E-state index contributed by atoms with van der Waals surface area (Å²) in [6.07, 6.45) is 1.99. The molecule has 0 spiro atoms. The quantitative estimate of drug-likeness (QED) is 0.666. The van der Waals surface area contributed by atoms with E-state index >= 15 is 0 Å². The highest BCUT2D eigenvalue weighted by molar-refractivity contribution is 6.21. The van der Waals surface area contributed by atoms with Crippen LogP contribution in [0.1, 0.15) is 24.2 Å². The topological polar surface area (TPSA) is 113 Å². The van der Waals surface area contributed by atoms with Gasteiger partial charge in [-0.3, -0.25) is 14.4 Å². The lowest BCUT2D eigenvalue weighted by Crippen LogP contribution is -2.43. The molecule has 0 heterocycles. The number of ketones is 2. The summed E-state index contributed by atoms with van der Waals surface area (Å²) in [5, 5.41) is 14.1. The lowest BCUT2D eigenvalue weighted by atomic mass is 10.0. The zero-order chi connectivity index (χ0) is 18.6. The molecule has 0 saturated carbocycles. The summed E-state index contributed by atoms with van der Waals surface area (Å²) in [7, 11) is 0. The Morgan fingerprint density at radius 2 is 1.52 bits per heavy atom. The van der Waals surface area contributed by atoms with Crippen LogP contribution in [-0.2, 0) is 14.4 Å². The Morgan fingerprint density at radius 3 is 2.08 bits per heavy atom. The maximum Gasteiger partial charge on any atom is 0.326 e. The first-order valence-electron chi connectivity index (χ1n) is 7.67. The lowest BCUT2D eigenvalue weighted by molar-refractivity contribution is -0.140. The summed E-state index contributed by atoms with van der Waals surface area (Å²) in [5.74, 6) is -3.08. The van der Waals surface area contributed by atoms with Crippen LogP contribution < -0.4 is 10.6 Å². The van der Waals surface area contributed by atoms with E-state index in [9.17, 15) is 19.2 Å². The fraction of sp³-hybridized carbons (Fsp3) is 0.222. The van der Waals surface area contributed by atoms with Crippen LogP contribution in [0.25, 0.3) is 0 Å². The number of allylic oxidation sites excluding steroid dienone is 2. The van der Waals surface area contributed by atoms with E-state index in [1.165, 1.54) is 0 Å². The molecule has 1 aromatic rings. The summed E-state index contributed by atoms with van der Waals surface area (Å²) in [6, 6.07) is 7.26. The van der Waals surface area contributed by atoms with Crippen LogP contribution in [0.3, 0.4) is 0 Å². The zero-order valence-electron chi connectivity index (χ0n) is 13.8. The summed E-state index contributed by atoms with van der Waals surface area (Å²) in [5.41, 5.74) is 0.0898. The number of carbonyl (C=O) groups is 4. The highest BCUT2D eigenvalue weighted by Crippen LogP contribution is 2.12. The van der Waals surface area contributed by atoms with Gasteiger partial charge >= 0.3 is 5.97 Å². The number of aliphatic carboxylic acids is 1. The SMILES string of the molecule is CC(C)[C@@H](NC1=CC(=O)C(NC(=O)c2ccccc2)=CC1=O)C(=O)O. The van der Waals surface area contributed by atoms with Gasteiger partial charge in [0.15, 0.2) is 0 Å². The summed E-state index contributed by atoms with van der Waals surface area (Å²) < 4.78 is 0. The molecule has 0 aliphatic heterocycles.